The summed E-state index contributed by atoms with van der Waals surface area (Å²) >= 11 is 1.54. The predicted octanol–water partition coefficient (Wildman–Crippen LogP) is 3.20. The molecule has 0 bridgehead atoms. The summed E-state index contributed by atoms with van der Waals surface area (Å²) in [6.07, 6.45) is 2.16. The number of aromatic nitrogens is 2. The van der Waals surface area contributed by atoms with Gasteiger partial charge < -0.3 is 9.73 Å². The molecule has 1 amide bonds. The zero-order valence-electron chi connectivity index (χ0n) is 15.1. The number of piperidine rings is 1. The second kappa shape index (κ2) is 8.10. The van der Waals surface area contributed by atoms with Gasteiger partial charge >= 0.3 is 0 Å². The molecule has 1 fully saturated rings. The molecule has 1 N–H and O–H groups in total. The van der Waals surface area contributed by atoms with Gasteiger partial charge in [0.15, 0.2) is 0 Å². The van der Waals surface area contributed by atoms with Crippen molar-refractivity contribution in [2.75, 3.05) is 19.6 Å². The molecule has 1 aliphatic heterocycles. The number of nitrogens with one attached hydrogen (secondary N) is 1. The van der Waals surface area contributed by atoms with Crippen LogP contribution in [0.15, 0.2) is 16.5 Å². The van der Waals surface area contributed by atoms with Crippen LogP contribution >= 0.6 is 11.3 Å². The van der Waals surface area contributed by atoms with E-state index in [0.717, 1.165) is 37.4 Å². The van der Waals surface area contributed by atoms with Gasteiger partial charge in [0.25, 0.3) is 5.91 Å². The van der Waals surface area contributed by atoms with Gasteiger partial charge in [-0.25, -0.2) is 0 Å². The fraction of sp³-hybridized carbons (Fsp3) is 0.611. The van der Waals surface area contributed by atoms with E-state index in [1.807, 2.05) is 19.1 Å². The Morgan fingerprint density at radius 3 is 2.72 bits per heavy atom. The molecule has 0 saturated carbocycles. The third-order valence-corrected chi connectivity index (χ3v) is 5.56. The first-order chi connectivity index (χ1) is 12.0. The van der Waals surface area contributed by atoms with Crippen LogP contribution in [0.1, 0.15) is 58.9 Å². The summed E-state index contributed by atoms with van der Waals surface area (Å²) in [5.74, 6) is 2.26. The molecule has 2 aromatic heterocycles. The van der Waals surface area contributed by atoms with E-state index in [1.165, 1.54) is 4.88 Å². The summed E-state index contributed by atoms with van der Waals surface area (Å²) in [5.41, 5.74) is 0. The van der Waals surface area contributed by atoms with Crippen molar-refractivity contribution in [2.45, 2.75) is 46.1 Å². The van der Waals surface area contributed by atoms with Gasteiger partial charge in [-0.15, -0.1) is 21.5 Å². The number of aryl methyl sites for hydroxylation is 1. The van der Waals surface area contributed by atoms with E-state index in [4.69, 9.17) is 4.42 Å². The van der Waals surface area contributed by atoms with Gasteiger partial charge in [-0.2, -0.15) is 0 Å². The number of carbonyl (C=O) groups is 1. The lowest BCUT2D eigenvalue weighted by atomic mass is 9.97. The molecule has 3 rings (SSSR count). The Kier molecular flexibility index (Phi) is 5.86. The van der Waals surface area contributed by atoms with Crippen LogP contribution < -0.4 is 5.32 Å². The van der Waals surface area contributed by atoms with E-state index in [9.17, 15) is 4.79 Å². The van der Waals surface area contributed by atoms with Crippen molar-refractivity contribution in [3.05, 3.63) is 33.7 Å². The quantitative estimate of drug-likeness (QED) is 0.854. The summed E-state index contributed by atoms with van der Waals surface area (Å²) in [6.45, 7) is 9.58. The van der Waals surface area contributed by atoms with Gasteiger partial charge in [0.05, 0.1) is 11.4 Å². The third-order valence-electron chi connectivity index (χ3n) is 4.56. The zero-order chi connectivity index (χ0) is 17.8. The van der Waals surface area contributed by atoms with Crippen LogP contribution in [-0.2, 0) is 6.54 Å². The van der Waals surface area contributed by atoms with Gasteiger partial charge in [-0.05, 0) is 50.9 Å². The highest BCUT2D eigenvalue weighted by molar-refractivity contribution is 7.13. The number of carbonyl (C=O) groups excluding carboxylic acids is 1. The number of rotatable bonds is 6. The minimum absolute atomic E-state index is 0.0487. The predicted molar refractivity (Wildman–Crippen MR) is 97.8 cm³/mol. The number of hydrogen-bond donors (Lipinski definition) is 1. The Balaban J connectivity index is 1.40. The number of thiophene rings is 1. The van der Waals surface area contributed by atoms with Gasteiger partial charge in [0.2, 0.25) is 11.8 Å². The molecule has 0 spiro atoms. The number of hydrogen-bond acceptors (Lipinski definition) is 6. The van der Waals surface area contributed by atoms with Crippen LogP contribution in [0.4, 0.5) is 0 Å². The molecule has 136 valence electrons. The van der Waals surface area contributed by atoms with E-state index in [1.54, 1.807) is 11.3 Å². The smallest absolute Gasteiger partial charge is 0.261 e. The van der Waals surface area contributed by atoms with E-state index in [2.05, 4.69) is 34.3 Å². The fourth-order valence-corrected chi connectivity index (χ4v) is 3.77. The van der Waals surface area contributed by atoms with Gasteiger partial charge in [0, 0.05) is 17.3 Å². The second-order valence-corrected chi connectivity index (χ2v) is 8.32. The average Bonchev–Trinajstić information content (AvgIpc) is 3.23. The molecule has 1 aliphatic rings. The Hall–Kier alpha value is -1.73. The maximum Gasteiger partial charge on any atom is 0.261 e. The molecule has 0 radical (unpaired) electrons. The van der Waals surface area contributed by atoms with Crippen LogP contribution in [0.25, 0.3) is 0 Å². The molecule has 2 aromatic rings. The van der Waals surface area contributed by atoms with Gasteiger partial charge in [-0.1, -0.05) is 13.8 Å². The third kappa shape index (κ3) is 4.89. The van der Waals surface area contributed by atoms with Crippen LogP contribution in [0.3, 0.4) is 0 Å². The van der Waals surface area contributed by atoms with Crippen LogP contribution in [0.2, 0.25) is 0 Å². The SMILES string of the molecule is Cc1ccc(C(=O)NCC2CCN(Cc3nnc(C(C)C)o3)CC2)s1. The standard InChI is InChI=1S/C18H26N4O2S/c1-12(2)18-21-20-16(24-18)11-22-8-6-14(7-9-22)10-19-17(23)15-5-4-13(3)25-15/h4-5,12,14H,6-11H2,1-3H3,(H,19,23). The minimum Gasteiger partial charge on any atom is -0.424 e. The van der Waals surface area contributed by atoms with Gasteiger partial charge in [0.1, 0.15) is 0 Å². The van der Waals surface area contributed by atoms with Crippen LogP contribution in [0.5, 0.6) is 0 Å². The summed E-state index contributed by atoms with van der Waals surface area (Å²) in [4.78, 5) is 16.4. The maximum atomic E-state index is 12.1. The summed E-state index contributed by atoms with van der Waals surface area (Å²) in [7, 11) is 0. The summed E-state index contributed by atoms with van der Waals surface area (Å²) in [5, 5.41) is 11.3. The molecule has 25 heavy (non-hydrogen) atoms. The number of amides is 1. The molecule has 0 aliphatic carbocycles. The topological polar surface area (TPSA) is 71.3 Å². The van der Waals surface area contributed by atoms with Crippen molar-refractivity contribution in [1.82, 2.24) is 20.4 Å². The Morgan fingerprint density at radius 1 is 1.36 bits per heavy atom. The molecule has 0 atom stereocenters. The Bertz CT molecular complexity index is 702. The maximum absolute atomic E-state index is 12.1. The molecule has 1 saturated heterocycles. The zero-order valence-corrected chi connectivity index (χ0v) is 15.9. The fourth-order valence-electron chi connectivity index (χ4n) is 2.98. The molecule has 0 aromatic carbocycles. The average molecular weight is 362 g/mol. The monoisotopic (exact) mass is 362 g/mol. The molecule has 7 heteroatoms. The molecular weight excluding hydrogens is 336 g/mol. The lowest BCUT2D eigenvalue weighted by molar-refractivity contribution is 0.0937. The Morgan fingerprint density at radius 2 is 2.12 bits per heavy atom. The van der Waals surface area contributed by atoms with E-state index < -0.39 is 0 Å². The van der Waals surface area contributed by atoms with E-state index in [-0.39, 0.29) is 11.8 Å². The summed E-state index contributed by atoms with van der Waals surface area (Å²) in [6, 6.07) is 3.88. The number of likely N-dealkylation sites (tertiary alicyclic amines) is 1. The van der Waals surface area contributed by atoms with E-state index in [0.29, 0.717) is 24.2 Å². The Labute approximate surface area is 152 Å². The lowest BCUT2D eigenvalue weighted by Gasteiger charge is -2.30. The van der Waals surface area contributed by atoms with Crippen LogP contribution in [0, 0.1) is 12.8 Å². The van der Waals surface area contributed by atoms with Gasteiger partial charge in [-0.3, -0.25) is 9.69 Å². The highest BCUT2D eigenvalue weighted by atomic mass is 32.1. The first-order valence-electron chi connectivity index (χ1n) is 8.90. The highest BCUT2D eigenvalue weighted by Crippen LogP contribution is 2.20. The number of nitrogens with zero attached hydrogens (tertiary/aromatic N) is 3. The van der Waals surface area contributed by atoms with Crippen molar-refractivity contribution < 1.29 is 9.21 Å². The van der Waals surface area contributed by atoms with Crippen molar-refractivity contribution in [2.24, 2.45) is 5.92 Å². The van der Waals surface area contributed by atoms with E-state index >= 15 is 0 Å². The molecule has 0 unspecified atom stereocenters. The van der Waals surface area contributed by atoms with Crippen molar-refractivity contribution >= 4 is 17.2 Å². The molecule has 3 heterocycles. The first-order valence-corrected chi connectivity index (χ1v) is 9.72. The molecular formula is C18H26N4O2S. The first kappa shape index (κ1) is 18.1. The highest BCUT2D eigenvalue weighted by Gasteiger charge is 2.22. The second-order valence-electron chi connectivity index (χ2n) is 7.03. The largest absolute Gasteiger partial charge is 0.424 e. The molecule has 6 nitrogen and oxygen atoms in total. The van der Waals surface area contributed by atoms with Crippen molar-refractivity contribution in [3.63, 3.8) is 0 Å². The van der Waals surface area contributed by atoms with Crippen molar-refractivity contribution in [3.8, 4) is 0 Å². The summed E-state index contributed by atoms with van der Waals surface area (Å²) < 4.78 is 5.68. The van der Waals surface area contributed by atoms with Crippen molar-refractivity contribution in [1.29, 1.82) is 0 Å². The lowest BCUT2D eigenvalue weighted by Crippen LogP contribution is -2.38. The minimum atomic E-state index is 0.0487. The van der Waals surface area contributed by atoms with Crippen LogP contribution in [-0.4, -0.2) is 40.6 Å². The normalized spacial score (nSPS) is 16.5.